The van der Waals surface area contributed by atoms with Crippen molar-refractivity contribution in [1.29, 1.82) is 0 Å². The van der Waals surface area contributed by atoms with Crippen LogP contribution in [-0.2, 0) is 24.7 Å². The average molecular weight is 459 g/mol. The Hall–Kier alpha value is -2.75. The number of carbonyl (C=O) groups excluding carboxylic acids is 1. The van der Waals surface area contributed by atoms with Gasteiger partial charge in [-0.2, -0.15) is 4.80 Å². The van der Waals surface area contributed by atoms with E-state index in [0.29, 0.717) is 22.9 Å². The molecule has 1 fully saturated rings. The molecule has 1 saturated carbocycles. The minimum atomic E-state index is -2.73. The first-order valence-electron chi connectivity index (χ1n) is 10.9. The average Bonchev–Trinajstić information content (AvgIpc) is 3.46. The summed E-state index contributed by atoms with van der Waals surface area (Å²) in [5.74, 6) is -3.63. The zero-order chi connectivity index (χ0) is 22.3. The van der Waals surface area contributed by atoms with Crippen LogP contribution in [0.1, 0.15) is 54.2 Å². The predicted octanol–water partition coefficient (Wildman–Crippen LogP) is 4.37. The SMILES string of the molecule is Cn1nnc(-c2ccc(C(C(=O)Nc3nc4c(s3)CCCC4)C3CCC(F)(F)C3)cc2)n1. The number of nitrogens with one attached hydrogen (secondary N) is 1. The van der Waals surface area contributed by atoms with Crippen LogP contribution in [0.15, 0.2) is 24.3 Å². The number of aryl methyl sites for hydroxylation is 3. The molecule has 3 aromatic rings. The van der Waals surface area contributed by atoms with Crippen LogP contribution in [0.25, 0.3) is 11.4 Å². The van der Waals surface area contributed by atoms with Gasteiger partial charge in [0.25, 0.3) is 0 Å². The molecule has 32 heavy (non-hydrogen) atoms. The van der Waals surface area contributed by atoms with Gasteiger partial charge in [0, 0.05) is 23.3 Å². The van der Waals surface area contributed by atoms with E-state index in [-0.39, 0.29) is 18.7 Å². The number of hydrogen-bond donors (Lipinski definition) is 1. The molecule has 168 valence electrons. The van der Waals surface area contributed by atoms with Gasteiger partial charge < -0.3 is 5.32 Å². The van der Waals surface area contributed by atoms with Crippen molar-refractivity contribution < 1.29 is 13.6 Å². The van der Waals surface area contributed by atoms with Crippen molar-refractivity contribution in [2.75, 3.05) is 5.32 Å². The maximum absolute atomic E-state index is 14.0. The molecule has 5 rings (SSSR count). The molecule has 0 bridgehead atoms. The molecular weight excluding hydrogens is 434 g/mol. The van der Waals surface area contributed by atoms with Crippen LogP contribution in [-0.4, -0.2) is 37.0 Å². The van der Waals surface area contributed by atoms with Gasteiger partial charge in [-0.3, -0.25) is 4.79 Å². The van der Waals surface area contributed by atoms with Gasteiger partial charge in [0.15, 0.2) is 5.13 Å². The number of halogens is 2. The Labute approximate surface area is 188 Å². The van der Waals surface area contributed by atoms with E-state index in [1.54, 1.807) is 19.2 Å². The number of anilines is 1. The van der Waals surface area contributed by atoms with Gasteiger partial charge in [0.05, 0.1) is 18.7 Å². The van der Waals surface area contributed by atoms with Gasteiger partial charge in [-0.05, 0) is 48.8 Å². The van der Waals surface area contributed by atoms with Gasteiger partial charge in [0.2, 0.25) is 17.7 Å². The van der Waals surface area contributed by atoms with Crippen LogP contribution in [0, 0.1) is 5.92 Å². The lowest BCUT2D eigenvalue weighted by Crippen LogP contribution is -2.27. The summed E-state index contributed by atoms with van der Waals surface area (Å²) in [4.78, 5) is 20.5. The summed E-state index contributed by atoms with van der Waals surface area (Å²) in [5.41, 5.74) is 2.52. The fourth-order valence-electron chi connectivity index (χ4n) is 4.73. The first-order chi connectivity index (χ1) is 15.4. The van der Waals surface area contributed by atoms with Crippen LogP contribution in [0.4, 0.5) is 13.9 Å². The van der Waals surface area contributed by atoms with Gasteiger partial charge in [-0.25, -0.2) is 13.8 Å². The summed E-state index contributed by atoms with van der Waals surface area (Å²) in [6, 6.07) is 7.22. The van der Waals surface area contributed by atoms with Gasteiger partial charge in [-0.1, -0.05) is 24.3 Å². The van der Waals surface area contributed by atoms with E-state index in [1.165, 1.54) is 21.0 Å². The number of alkyl halides is 2. The Morgan fingerprint density at radius 2 is 2.03 bits per heavy atom. The lowest BCUT2D eigenvalue weighted by atomic mass is 9.83. The molecule has 7 nitrogen and oxygen atoms in total. The summed E-state index contributed by atoms with van der Waals surface area (Å²) in [6.07, 6.45) is 4.00. The smallest absolute Gasteiger partial charge is 0.248 e. The molecule has 2 heterocycles. The van der Waals surface area contributed by atoms with Crippen molar-refractivity contribution in [2.24, 2.45) is 13.0 Å². The number of thiazole rings is 1. The van der Waals surface area contributed by atoms with E-state index >= 15 is 0 Å². The third-order valence-corrected chi connectivity index (χ3v) is 7.38. The summed E-state index contributed by atoms with van der Waals surface area (Å²) >= 11 is 1.50. The van der Waals surface area contributed by atoms with E-state index in [9.17, 15) is 13.6 Å². The minimum Gasteiger partial charge on any atom is -0.301 e. The molecule has 0 saturated heterocycles. The Kier molecular flexibility index (Phi) is 5.48. The van der Waals surface area contributed by atoms with E-state index < -0.39 is 17.8 Å². The Morgan fingerprint density at radius 1 is 1.25 bits per heavy atom. The van der Waals surface area contributed by atoms with Crippen molar-refractivity contribution in [3.05, 3.63) is 40.4 Å². The van der Waals surface area contributed by atoms with E-state index in [1.807, 2.05) is 12.1 Å². The number of nitrogens with zero attached hydrogens (tertiary/aromatic N) is 5. The summed E-state index contributed by atoms with van der Waals surface area (Å²) in [7, 11) is 1.68. The highest BCUT2D eigenvalue weighted by Gasteiger charge is 2.45. The molecule has 2 atom stereocenters. The molecule has 2 aliphatic rings. The third-order valence-electron chi connectivity index (χ3n) is 6.31. The number of carbonyl (C=O) groups is 1. The van der Waals surface area contributed by atoms with Crippen LogP contribution >= 0.6 is 11.3 Å². The number of benzene rings is 1. The Bertz CT molecular complexity index is 1100. The first kappa shape index (κ1) is 21.1. The molecule has 2 unspecified atom stereocenters. The fourth-order valence-corrected chi connectivity index (χ4v) is 5.79. The Balaban J connectivity index is 1.41. The Morgan fingerprint density at radius 3 is 2.69 bits per heavy atom. The molecule has 1 amide bonds. The molecule has 10 heteroatoms. The largest absolute Gasteiger partial charge is 0.301 e. The fraction of sp³-hybridized carbons (Fsp3) is 0.500. The lowest BCUT2D eigenvalue weighted by Gasteiger charge is -2.23. The maximum Gasteiger partial charge on any atom is 0.248 e. The van der Waals surface area contributed by atoms with Crippen molar-refractivity contribution in [3.63, 3.8) is 0 Å². The zero-order valence-electron chi connectivity index (χ0n) is 17.7. The van der Waals surface area contributed by atoms with Crippen molar-refractivity contribution in [3.8, 4) is 11.4 Å². The zero-order valence-corrected chi connectivity index (χ0v) is 18.5. The monoisotopic (exact) mass is 458 g/mol. The molecule has 1 N–H and O–H groups in total. The highest BCUT2D eigenvalue weighted by Crippen LogP contribution is 2.46. The standard InChI is InChI=1S/C22H24F2N6OS/c1-30-28-19(27-29-30)14-8-6-13(7-9-14)18(15-10-11-22(23,24)12-15)20(31)26-21-25-16-4-2-3-5-17(16)32-21/h6-9,15,18H,2-5,10-12H2,1H3,(H,25,26,31). The second-order valence-corrected chi connectivity index (χ2v) is 9.73. The molecular formula is C22H24F2N6OS. The van der Waals surface area contributed by atoms with E-state index in [0.717, 1.165) is 36.9 Å². The molecule has 0 spiro atoms. The molecule has 2 aliphatic carbocycles. The third kappa shape index (κ3) is 4.28. The number of amides is 1. The highest BCUT2D eigenvalue weighted by atomic mass is 32.1. The molecule has 0 aliphatic heterocycles. The van der Waals surface area contributed by atoms with Crippen LogP contribution in [0.5, 0.6) is 0 Å². The number of rotatable bonds is 5. The number of aromatic nitrogens is 5. The van der Waals surface area contributed by atoms with Crippen molar-refractivity contribution in [1.82, 2.24) is 25.2 Å². The lowest BCUT2D eigenvalue weighted by molar-refractivity contribution is -0.118. The van der Waals surface area contributed by atoms with Crippen molar-refractivity contribution >= 4 is 22.4 Å². The molecule has 0 radical (unpaired) electrons. The summed E-state index contributed by atoms with van der Waals surface area (Å²) < 4.78 is 28.1. The number of hydrogen-bond acceptors (Lipinski definition) is 6. The number of fused-ring (bicyclic) bond motifs is 1. The van der Waals surface area contributed by atoms with Gasteiger partial charge in [0.1, 0.15) is 0 Å². The maximum atomic E-state index is 14.0. The van der Waals surface area contributed by atoms with Crippen LogP contribution < -0.4 is 5.32 Å². The summed E-state index contributed by atoms with van der Waals surface area (Å²) in [5, 5.41) is 15.5. The van der Waals surface area contributed by atoms with Crippen LogP contribution in [0.3, 0.4) is 0 Å². The van der Waals surface area contributed by atoms with E-state index in [4.69, 9.17) is 0 Å². The number of tetrazole rings is 1. The topological polar surface area (TPSA) is 85.6 Å². The van der Waals surface area contributed by atoms with Gasteiger partial charge >= 0.3 is 0 Å². The normalized spacial score (nSPS) is 20.7. The highest BCUT2D eigenvalue weighted by molar-refractivity contribution is 7.15. The van der Waals surface area contributed by atoms with Crippen molar-refractivity contribution in [2.45, 2.75) is 56.8 Å². The quantitative estimate of drug-likeness (QED) is 0.614. The molecule has 2 aromatic heterocycles. The summed E-state index contributed by atoms with van der Waals surface area (Å²) in [6.45, 7) is 0. The van der Waals surface area contributed by atoms with Crippen LogP contribution in [0.2, 0.25) is 0 Å². The van der Waals surface area contributed by atoms with E-state index in [2.05, 4.69) is 25.7 Å². The van der Waals surface area contributed by atoms with Gasteiger partial charge in [-0.15, -0.1) is 21.5 Å². The predicted molar refractivity (Wildman–Crippen MR) is 117 cm³/mol. The second kappa shape index (κ2) is 8.31. The molecule has 1 aromatic carbocycles. The minimum absolute atomic E-state index is 0.186. The first-order valence-corrected chi connectivity index (χ1v) is 11.7. The second-order valence-electron chi connectivity index (χ2n) is 8.65.